The van der Waals surface area contributed by atoms with E-state index in [-0.39, 0.29) is 0 Å². The zero-order valence-corrected chi connectivity index (χ0v) is 18.2. The number of hydrogen-bond acceptors (Lipinski definition) is 9. The maximum absolute atomic E-state index is 5.59. The van der Waals surface area contributed by atoms with Crippen LogP contribution in [0.2, 0.25) is 0 Å². The average Bonchev–Trinajstić information content (AvgIpc) is 3.18. The molecule has 3 aromatic rings. The van der Waals surface area contributed by atoms with E-state index in [2.05, 4.69) is 37.5 Å². The van der Waals surface area contributed by atoms with Gasteiger partial charge in [-0.25, -0.2) is 4.98 Å². The molecule has 5 heterocycles. The third kappa shape index (κ3) is 3.02. The number of rotatable bonds is 2. The standard InChI is InChI=1S/C21H27N7OS/c1-13-12-28(7-6-22-13)20-18-17(24-26-25-20)16-14-4-2-3-5-15(14)19(23-21(16)30-18)27-8-10-29-11-9-27/h13,22H,2-12H2,1H3/t13-/m0/s1. The molecule has 0 saturated carbocycles. The molecule has 30 heavy (non-hydrogen) atoms. The Bertz CT molecular complexity index is 1090. The van der Waals surface area contributed by atoms with E-state index in [0.29, 0.717) is 6.04 Å². The van der Waals surface area contributed by atoms with Crippen molar-refractivity contribution in [2.75, 3.05) is 55.7 Å². The number of piperazine rings is 1. The first-order valence-electron chi connectivity index (χ1n) is 11.1. The minimum absolute atomic E-state index is 0.442. The van der Waals surface area contributed by atoms with Gasteiger partial charge < -0.3 is 19.9 Å². The fourth-order valence-corrected chi connectivity index (χ4v) is 6.27. The third-order valence-corrected chi connectivity index (χ3v) is 7.65. The van der Waals surface area contributed by atoms with Crippen molar-refractivity contribution in [3.63, 3.8) is 0 Å². The Kier molecular flexibility index (Phi) is 4.69. The Morgan fingerprint density at radius 1 is 1.00 bits per heavy atom. The molecular formula is C21H27N7OS. The minimum atomic E-state index is 0.442. The molecule has 158 valence electrons. The topological polar surface area (TPSA) is 79.3 Å². The maximum atomic E-state index is 5.59. The summed E-state index contributed by atoms with van der Waals surface area (Å²) in [5.41, 5.74) is 3.86. The molecular weight excluding hydrogens is 398 g/mol. The average molecular weight is 426 g/mol. The first-order chi connectivity index (χ1) is 14.8. The van der Waals surface area contributed by atoms with Crippen molar-refractivity contribution in [3.8, 4) is 0 Å². The predicted octanol–water partition coefficient (Wildman–Crippen LogP) is 2.15. The van der Waals surface area contributed by atoms with Gasteiger partial charge in [0, 0.05) is 44.2 Å². The van der Waals surface area contributed by atoms with Crippen molar-refractivity contribution in [3.05, 3.63) is 11.1 Å². The number of nitrogens with zero attached hydrogens (tertiary/aromatic N) is 6. The first-order valence-corrected chi connectivity index (χ1v) is 11.9. The normalized spacial score (nSPS) is 22.6. The summed E-state index contributed by atoms with van der Waals surface area (Å²) in [6.07, 6.45) is 4.66. The van der Waals surface area contributed by atoms with Gasteiger partial charge in [-0.05, 0) is 48.9 Å². The van der Waals surface area contributed by atoms with Crippen LogP contribution >= 0.6 is 11.3 Å². The van der Waals surface area contributed by atoms with Gasteiger partial charge in [-0.15, -0.1) is 21.5 Å². The van der Waals surface area contributed by atoms with Crippen LogP contribution in [0.1, 0.15) is 30.9 Å². The Balaban J connectivity index is 1.55. The molecule has 2 saturated heterocycles. The van der Waals surface area contributed by atoms with E-state index < -0.39 is 0 Å². The largest absolute Gasteiger partial charge is 0.378 e. The number of morpholine rings is 1. The van der Waals surface area contributed by atoms with Crippen LogP contribution in [0.15, 0.2) is 0 Å². The van der Waals surface area contributed by atoms with E-state index in [1.807, 2.05) is 0 Å². The first kappa shape index (κ1) is 18.7. The minimum Gasteiger partial charge on any atom is -0.378 e. The predicted molar refractivity (Wildman–Crippen MR) is 120 cm³/mol. The molecule has 8 nitrogen and oxygen atoms in total. The lowest BCUT2D eigenvalue weighted by Crippen LogP contribution is -2.49. The molecule has 3 aromatic heterocycles. The smallest absolute Gasteiger partial charge is 0.172 e. The molecule has 1 atom stereocenters. The van der Waals surface area contributed by atoms with E-state index in [1.54, 1.807) is 11.3 Å². The van der Waals surface area contributed by atoms with Crippen LogP contribution in [0, 0.1) is 0 Å². The molecule has 9 heteroatoms. The second-order valence-electron chi connectivity index (χ2n) is 8.57. The Morgan fingerprint density at radius 2 is 1.83 bits per heavy atom. The zero-order chi connectivity index (χ0) is 20.1. The van der Waals surface area contributed by atoms with Crippen LogP contribution in [-0.4, -0.2) is 72.4 Å². The SMILES string of the molecule is C[C@H]1CN(c2nnnc3c2sc2nc(N4CCOCC4)c4c(c23)CCCC4)CCN1. The summed E-state index contributed by atoms with van der Waals surface area (Å²) < 4.78 is 6.72. The van der Waals surface area contributed by atoms with E-state index in [1.165, 1.54) is 35.2 Å². The molecule has 0 spiro atoms. The number of anilines is 2. The van der Waals surface area contributed by atoms with E-state index >= 15 is 0 Å². The van der Waals surface area contributed by atoms with Crippen molar-refractivity contribution in [2.24, 2.45) is 0 Å². The monoisotopic (exact) mass is 425 g/mol. The van der Waals surface area contributed by atoms with Crippen molar-refractivity contribution < 1.29 is 4.74 Å². The van der Waals surface area contributed by atoms with Gasteiger partial charge in [-0.2, -0.15) is 0 Å². The lowest BCUT2D eigenvalue weighted by atomic mass is 9.90. The number of pyridine rings is 1. The molecule has 0 unspecified atom stereocenters. The summed E-state index contributed by atoms with van der Waals surface area (Å²) in [7, 11) is 0. The summed E-state index contributed by atoms with van der Waals surface area (Å²) in [4.78, 5) is 11.1. The molecule has 2 fully saturated rings. The van der Waals surface area contributed by atoms with Crippen molar-refractivity contribution in [2.45, 2.75) is 38.6 Å². The number of ether oxygens (including phenoxy) is 1. The van der Waals surface area contributed by atoms with Gasteiger partial charge >= 0.3 is 0 Å². The number of nitrogens with one attached hydrogen (secondary N) is 1. The molecule has 1 aliphatic carbocycles. The highest BCUT2D eigenvalue weighted by Crippen LogP contribution is 2.43. The molecule has 1 N–H and O–H groups in total. The van der Waals surface area contributed by atoms with Crippen molar-refractivity contribution >= 4 is 43.4 Å². The summed E-state index contributed by atoms with van der Waals surface area (Å²) in [6.45, 7) is 8.46. The highest BCUT2D eigenvalue weighted by molar-refractivity contribution is 7.26. The summed E-state index contributed by atoms with van der Waals surface area (Å²) in [5.74, 6) is 2.14. The van der Waals surface area contributed by atoms with Crippen LogP contribution in [0.3, 0.4) is 0 Å². The Morgan fingerprint density at radius 3 is 2.67 bits per heavy atom. The number of fused-ring (bicyclic) bond motifs is 5. The maximum Gasteiger partial charge on any atom is 0.172 e. The number of hydrogen-bond donors (Lipinski definition) is 1. The number of aromatic nitrogens is 4. The fourth-order valence-electron chi connectivity index (χ4n) is 5.12. The molecule has 6 rings (SSSR count). The Labute approximate surface area is 179 Å². The molecule has 3 aliphatic rings. The lowest BCUT2D eigenvalue weighted by molar-refractivity contribution is 0.122. The van der Waals surface area contributed by atoms with Gasteiger partial charge in [0.15, 0.2) is 5.82 Å². The molecule has 0 radical (unpaired) electrons. The zero-order valence-electron chi connectivity index (χ0n) is 17.4. The summed E-state index contributed by atoms with van der Waals surface area (Å²) in [6, 6.07) is 0.442. The third-order valence-electron chi connectivity index (χ3n) is 6.58. The van der Waals surface area contributed by atoms with E-state index in [4.69, 9.17) is 9.72 Å². The highest BCUT2D eigenvalue weighted by atomic mass is 32.1. The molecule has 0 bridgehead atoms. The summed E-state index contributed by atoms with van der Waals surface area (Å²) in [5, 5.41) is 17.9. The summed E-state index contributed by atoms with van der Waals surface area (Å²) >= 11 is 1.74. The van der Waals surface area contributed by atoms with Gasteiger partial charge in [0.25, 0.3) is 0 Å². The Hall–Kier alpha value is -2.10. The van der Waals surface area contributed by atoms with Crippen LogP contribution in [0.5, 0.6) is 0 Å². The van der Waals surface area contributed by atoms with E-state index in [0.717, 1.165) is 79.6 Å². The highest BCUT2D eigenvalue weighted by Gasteiger charge is 2.28. The number of aryl methyl sites for hydroxylation is 1. The van der Waals surface area contributed by atoms with Crippen LogP contribution < -0.4 is 15.1 Å². The van der Waals surface area contributed by atoms with Gasteiger partial charge in [0.1, 0.15) is 20.9 Å². The van der Waals surface area contributed by atoms with Crippen molar-refractivity contribution in [1.29, 1.82) is 0 Å². The van der Waals surface area contributed by atoms with Gasteiger partial charge in [0.2, 0.25) is 0 Å². The fraction of sp³-hybridized carbons (Fsp3) is 0.619. The lowest BCUT2D eigenvalue weighted by Gasteiger charge is -2.32. The second-order valence-corrected chi connectivity index (χ2v) is 9.57. The second kappa shape index (κ2) is 7.55. The number of thiophene rings is 1. The van der Waals surface area contributed by atoms with Crippen LogP contribution in [0.25, 0.3) is 20.4 Å². The molecule has 0 aromatic carbocycles. The van der Waals surface area contributed by atoms with Crippen LogP contribution in [-0.2, 0) is 17.6 Å². The van der Waals surface area contributed by atoms with E-state index in [9.17, 15) is 0 Å². The van der Waals surface area contributed by atoms with Gasteiger partial charge in [-0.1, -0.05) is 0 Å². The van der Waals surface area contributed by atoms with Gasteiger partial charge in [0.05, 0.1) is 13.2 Å². The van der Waals surface area contributed by atoms with Crippen LogP contribution in [0.4, 0.5) is 11.6 Å². The van der Waals surface area contributed by atoms with Crippen molar-refractivity contribution in [1.82, 2.24) is 25.7 Å². The molecule has 2 aliphatic heterocycles. The van der Waals surface area contributed by atoms with Gasteiger partial charge in [-0.3, -0.25) is 0 Å². The quantitative estimate of drug-likeness (QED) is 0.669. The molecule has 0 amide bonds.